The van der Waals surface area contributed by atoms with Crippen molar-refractivity contribution in [3.63, 3.8) is 0 Å². The summed E-state index contributed by atoms with van der Waals surface area (Å²) in [5, 5.41) is 0.728. The third-order valence-corrected chi connectivity index (χ3v) is 5.01. The molecule has 1 aromatic carbocycles. The summed E-state index contributed by atoms with van der Waals surface area (Å²) in [5.41, 5.74) is 10.3. The van der Waals surface area contributed by atoms with Gasteiger partial charge in [0.05, 0.1) is 11.4 Å². The van der Waals surface area contributed by atoms with Crippen LogP contribution in [-0.4, -0.2) is 10.9 Å². The van der Waals surface area contributed by atoms with Crippen LogP contribution < -0.4 is 5.73 Å². The van der Waals surface area contributed by atoms with Crippen molar-refractivity contribution >= 4 is 17.5 Å². The lowest BCUT2D eigenvalue weighted by atomic mass is 9.83. The molecule has 1 aliphatic carbocycles. The fraction of sp³-hybridized carbons (Fsp3) is 0.273. The van der Waals surface area contributed by atoms with Gasteiger partial charge < -0.3 is 5.73 Å². The van der Waals surface area contributed by atoms with Crippen LogP contribution in [0.3, 0.4) is 0 Å². The number of halogens is 1. The van der Waals surface area contributed by atoms with Gasteiger partial charge in [-0.1, -0.05) is 67.4 Å². The third-order valence-electron chi connectivity index (χ3n) is 4.62. The standard InChI is InChI=1S/C22H23ClN2O/c1-2-8-16-11-6-12-17(23)20(16)21(22(24)26)19-14-7-13-18(25-19)15-9-4-3-5-10-15/h3-5,7,9-11,13-14,21H,2,6,8,12H2,1H3,(H2,24,26). The van der Waals surface area contributed by atoms with Gasteiger partial charge in [0.15, 0.2) is 0 Å². The lowest BCUT2D eigenvalue weighted by Gasteiger charge is -2.25. The molecule has 26 heavy (non-hydrogen) atoms. The Morgan fingerprint density at radius 3 is 2.65 bits per heavy atom. The van der Waals surface area contributed by atoms with Gasteiger partial charge >= 0.3 is 0 Å². The fourth-order valence-electron chi connectivity index (χ4n) is 3.46. The number of hydrogen-bond acceptors (Lipinski definition) is 2. The van der Waals surface area contributed by atoms with Crippen LogP contribution in [0.5, 0.6) is 0 Å². The van der Waals surface area contributed by atoms with Crippen LogP contribution >= 0.6 is 11.6 Å². The van der Waals surface area contributed by atoms with Crippen molar-refractivity contribution < 1.29 is 4.79 Å². The maximum Gasteiger partial charge on any atom is 0.231 e. The molecule has 3 rings (SSSR count). The van der Waals surface area contributed by atoms with Gasteiger partial charge in [0.1, 0.15) is 5.92 Å². The minimum absolute atomic E-state index is 0.417. The topological polar surface area (TPSA) is 56.0 Å². The molecule has 3 nitrogen and oxygen atoms in total. The lowest BCUT2D eigenvalue weighted by Crippen LogP contribution is -2.26. The van der Waals surface area contributed by atoms with Crippen molar-refractivity contribution in [1.82, 2.24) is 4.98 Å². The number of rotatable bonds is 6. The number of aromatic nitrogens is 1. The number of primary amides is 1. The maximum absolute atomic E-state index is 12.4. The smallest absolute Gasteiger partial charge is 0.231 e. The number of hydrogen-bond donors (Lipinski definition) is 1. The Morgan fingerprint density at radius 1 is 1.19 bits per heavy atom. The quantitative estimate of drug-likeness (QED) is 0.751. The number of nitrogens with zero attached hydrogens (tertiary/aromatic N) is 1. The van der Waals surface area contributed by atoms with Crippen LogP contribution in [-0.2, 0) is 4.79 Å². The minimum Gasteiger partial charge on any atom is -0.369 e. The molecule has 0 fully saturated rings. The minimum atomic E-state index is -0.621. The van der Waals surface area contributed by atoms with Gasteiger partial charge in [0.2, 0.25) is 5.91 Å². The van der Waals surface area contributed by atoms with Gasteiger partial charge in [0, 0.05) is 10.6 Å². The molecular weight excluding hydrogens is 344 g/mol. The van der Waals surface area contributed by atoms with Crippen LogP contribution in [0, 0.1) is 0 Å². The normalized spacial score (nSPS) is 15.5. The Morgan fingerprint density at radius 2 is 1.96 bits per heavy atom. The van der Waals surface area contributed by atoms with Crippen molar-refractivity contribution in [1.29, 1.82) is 0 Å². The van der Waals surface area contributed by atoms with E-state index in [0.29, 0.717) is 5.69 Å². The van der Waals surface area contributed by atoms with Crippen LogP contribution in [0.2, 0.25) is 0 Å². The summed E-state index contributed by atoms with van der Waals surface area (Å²) in [5.74, 6) is -1.04. The molecule has 2 N–H and O–H groups in total. The Balaban J connectivity index is 2.07. The van der Waals surface area contributed by atoms with Crippen LogP contribution in [0.4, 0.5) is 0 Å². The van der Waals surface area contributed by atoms with Gasteiger partial charge in [-0.05, 0) is 42.5 Å². The Bertz CT molecular complexity index is 855. The molecule has 1 atom stereocenters. The SMILES string of the molecule is CCCC1=CCCC(Cl)=C1C(C(N)=O)c1cccc(-c2ccccc2)n1. The predicted octanol–water partition coefficient (Wildman–Crippen LogP) is 5.33. The number of carbonyl (C=O) groups is 1. The first kappa shape index (κ1) is 18.4. The molecule has 1 heterocycles. The molecule has 1 amide bonds. The van der Waals surface area contributed by atoms with E-state index >= 15 is 0 Å². The Labute approximate surface area is 159 Å². The second-order valence-electron chi connectivity index (χ2n) is 6.49. The van der Waals surface area contributed by atoms with Crippen molar-refractivity contribution in [2.24, 2.45) is 5.73 Å². The Hall–Kier alpha value is -2.39. The molecule has 2 aromatic rings. The van der Waals surface area contributed by atoms with Crippen LogP contribution in [0.15, 0.2) is 70.8 Å². The van der Waals surface area contributed by atoms with Crippen LogP contribution in [0.1, 0.15) is 44.2 Å². The summed E-state index contributed by atoms with van der Waals surface area (Å²) >= 11 is 6.56. The monoisotopic (exact) mass is 366 g/mol. The third kappa shape index (κ3) is 3.88. The number of nitrogens with two attached hydrogens (primary N) is 1. The molecule has 0 bridgehead atoms. The summed E-state index contributed by atoms with van der Waals surface area (Å²) in [7, 11) is 0. The van der Waals surface area contributed by atoms with E-state index in [1.54, 1.807) is 0 Å². The molecule has 4 heteroatoms. The van der Waals surface area contributed by atoms with Crippen molar-refractivity contribution in [3.8, 4) is 11.3 Å². The first-order valence-corrected chi connectivity index (χ1v) is 9.39. The van der Waals surface area contributed by atoms with E-state index in [2.05, 4.69) is 13.0 Å². The first-order chi connectivity index (χ1) is 12.6. The van der Waals surface area contributed by atoms with Crippen molar-refractivity contribution in [2.45, 2.75) is 38.5 Å². The molecule has 0 saturated carbocycles. The van der Waals surface area contributed by atoms with Gasteiger partial charge in [-0.25, -0.2) is 0 Å². The van der Waals surface area contributed by atoms with E-state index in [1.807, 2.05) is 48.5 Å². The van der Waals surface area contributed by atoms with Gasteiger partial charge in [0.25, 0.3) is 0 Å². The largest absolute Gasteiger partial charge is 0.369 e. The molecule has 0 aliphatic heterocycles. The first-order valence-electron chi connectivity index (χ1n) is 9.01. The van der Waals surface area contributed by atoms with Gasteiger partial charge in [-0.15, -0.1) is 0 Å². The second-order valence-corrected chi connectivity index (χ2v) is 6.94. The molecule has 1 aromatic heterocycles. The van der Waals surface area contributed by atoms with E-state index in [9.17, 15) is 4.79 Å². The number of amides is 1. The fourth-order valence-corrected chi connectivity index (χ4v) is 3.80. The zero-order chi connectivity index (χ0) is 18.5. The zero-order valence-electron chi connectivity index (χ0n) is 14.9. The molecule has 1 unspecified atom stereocenters. The van der Waals surface area contributed by atoms with E-state index in [-0.39, 0.29) is 0 Å². The van der Waals surface area contributed by atoms with Crippen LogP contribution in [0.25, 0.3) is 11.3 Å². The number of carbonyl (C=O) groups excluding carboxylic acids is 1. The Kier molecular flexibility index (Phi) is 5.89. The highest BCUT2D eigenvalue weighted by Gasteiger charge is 2.30. The molecular formula is C22H23ClN2O. The molecule has 1 aliphatic rings. The lowest BCUT2D eigenvalue weighted by molar-refractivity contribution is -0.118. The summed E-state index contributed by atoms with van der Waals surface area (Å²) in [4.78, 5) is 17.2. The average Bonchev–Trinajstić information content (AvgIpc) is 2.65. The van der Waals surface area contributed by atoms with E-state index in [1.165, 1.54) is 0 Å². The molecule has 134 valence electrons. The summed E-state index contributed by atoms with van der Waals surface area (Å²) in [6.07, 6.45) is 5.70. The highest BCUT2D eigenvalue weighted by Crippen LogP contribution is 2.39. The molecule has 0 radical (unpaired) electrons. The summed E-state index contributed by atoms with van der Waals surface area (Å²) in [6, 6.07) is 15.6. The molecule has 0 spiro atoms. The number of allylic oxidation sites excluding steroid dienone is 3. The van der Waals surface area contributed by atoms with Gasteiger partial charge in [-0.3, -0.25) is 9.78 Å². The summed E-state index contributed by atoms with van der Waals surface area (Å²) in [6.45, 7) is 2.12. The predicted molar refractivity (Wildman–Crippen MR) is 107 cm³/mol. The van der Waals surface area contributed by atoms with Gasteiger partial charge in [-0.2, -0.15) is 0 Å². The zero-order valence-corrected chi connectivity index (χ0v) is 15.7. The highest BCUT2D eigenvalue weighted by molar-refractivity contribution is 6.30. The van der Waals surface area contributed by atoms with Crippen molar-refractivity contribution in [3.05, 3.63) is 76.5 Å². The summed E-state index contributed by atoms with van der Waals surface area (Å²) < 4.78 is 0. The maximum atomic E-state index is 12.4. The highest BCUT2D eigenvalue weighted by atomic mass is 35.5. The number of benzene rings is 1. The average molecular weight is 367 g/mol. The molecule has 0 saturated heterocycles. The van der Waals surface area contributed by atoms with E-state index in [4.69, 9.17) is 22.3 Å². The van der Waals surface area contributed by atoms with Crippen molar-refractivity contribution in [2.75, 3.05) is 0 Å². The van der Waals surface area contributed by atoms with E-state index in [0.717, 1.165) is 53.1 Å². The number of pyridine rings is 1. The second kappa shape index (κ2) is 8.33. The van der Waals surface area contributed by atoms with E-state index < -0.39 is 11.8 Å².